The smallest absolute Gasteiger partial charge is 0.323 e. The van der Waals surface area contributed by atoms with Crippen molar-refractivity contribution in [2.75, 3.05) is 13.1 Å². The van der Waals surface area contributed by atoms with E-state index in [9.17, 15) is 14.0 Å². The highest BCUT2D eigenvalue weighted by Gasteiger charge is 2.19. The van der Waals surface area contributed by atoms with Gasteiger partial charge in [0.05, 0.1) is 6.54 Å². The molecule has 0 aliphatic carbocycles. The minimum absolute atomic E-state index is 0.117. The first-order valence-electron chi connectivity index (χ1n) is 5.16. The first-order valence-corrected chi connectivity index (χ1v) is 5.16. The van der Waals surface area contributed by atoms with Crippen LogP contribution in [0.4, 0.5) is 4.39 Å². The fourth-order valence-corrected chi connectivity index (χ4v) is 1.47. The van der Waals surface area contributed by atoms with Crippen LogP contribution in [0.15, 0.2) is 18.2 Å². The molecule has 0 radical (unpaired) electrons. The van der Waals surface area contributed by atoms with Gasteiger partial charge in [-0.3, -0.25) is 9.59 Å². The highest BCUT2D eigenvalue weighted by molar-refractivity contribution is 5.97. The molecule has 0 fully saturated rings. The minimum Gasteiger partial charge on any atom is -0.480 e. The van der Waals surface area contributed by atoms with Crippen molar-refractivity contribution in [3.63, 3.8) is 0 Å². The summed E-state index contributed by atoms with van der Waals surface area (Å²) in [6.07, 6.45) is 5.08. The lowest BCUT2D eigenvalue weighted by Crippen LogP contribution is -2.36. The monoisotopic (exact) mass is 249 g/mol. The highest BCUT2D eigenvalue weighted by Crippen LogP contribution is 2.13. The maximum Gasteiger partial charge on any atom is 0.323 e. The number of terminal acetylenes is 1. The Hall–Kier alpha value is -2.35. The molecule has 0 spiro atoms. The summed E-state index contributed by atoms with van der Waals surface area (Å²) in [7, 11) is 0. The zero-order chi connectivity index (χ0) is 13.7. The number of aryl methyl sites for hydroxylation is 1. The van der Waals surface area contributed by atoms with Crippen LogP contribution >= 0.6 is 0 Å². The topological polar surface area (TPSA) is 57.6 Å². The summed E-state index contributed by atoms with van der Waals surface area (Å²) in [4.78, 5) is 23.7. The van der Waals surface area contributed by atoms with Crippen LogP contribution in [0.2, 0.25) is 0 Å². The number of halogens is 1. The van der Waals surface area contributed by atoms with E-state index in [-0.39, 0.29) is 12.1 Å². The summed E-state index contributed by atoms with van der Waals surface area (Å²) < 4.78 is 13.1. The van der Waals surface area contributed by atoms with E-state index in [4.69, 9.17) is 11.5 Å². The largest absolute Gasteiger partial charge is 0.480 e. The van der Waals surface area contributed by atoms with Gasteiger partial charge in [0, 0.05) is 5.56 Å². The third-order valence-corrected chi connectivity index (χ3v) is 2.33. The van der Waals surface area contributed by atoms with Gasteiger partial charge in [0.2, 0.25) is 0 Å². The van der Waals surface area contributed by atoms with Gasteiger partial charge in [0.25, 0.3) is 5.91 Å². The molecule has 1 N–H and O–H groups in total. The van der Waals surface area contributed by atoms with Crippen LogP contribution in [0.25, 0.3) is 0 Å². The average molecular weight is 249 g/mol. The lowest BCUT2D eigenvalue weighted by atomic mass is 10.1. The number of nitrogens with zero attached hydrogens (tertiary/aromatic N) is 1. The molecule has 0 heterocycles. The van der Waals surface area contributed by atoms with Crippen molar-refractivity contribution in [3.8, 4) is 12.3 Å². The Bertz CT molecular complexity index is 519. The van der Waals surface area contributed by atoms with Crippen LogP contribution < -0.4 is 0 Å². The number of carbonyl (C=O) groups is 2. The van der Waals surface area contributed by atoms with E-state index >= 15 is 0 Å². The van der Waals surface area contributed by atoms with Crippen LogP contribution in [0.1, 0.15) is 15.9 Å². The number of benzene rings is 1. The van der Waals surface area contributed by atoms with Gasteiger partial charge < -0.3 is 10.0 Å². The summed E-state index contributed by atoms with van der Waals surface area (Å²) in [5, 5.41) is 8.69. The second kappa shape index (κ2) is 5.82. The van der Waals surface area contributed by atoms with Gasteiger partial charge >= 0.3 is 5.97 Å². The normalized spacial score (nSPS) is 9.61. The molecule has 4 nitrogen and oxygen atoms in total. The standard InChI is InChI=1S/C13H12FNO3/c1-3-6-15(8-12(16)17)13(18)11-7-10(14)5-4-9(11)2/h1,4-5,7H,6,8H2,2H3,(H,16,17). The van der Waals surface area contributed by atoms with Gasteiger partial charge in [-0.2, -0.15) is 0 Å². The van der Waals surface area contributed by atoms with E-state index in [1.54, 1.807) is 6.92 Å². The van der Waals surface area contributed by atoms with Gasteiger partial charge in [-0.1, -0.05) is 12.0 Å². The summed E-state index contributed by atoms with van der Waals surface area (Å²) >= 11 is 0. The first-order chi connectivity index (χ1) is 8.45. The Balaban J connectivity index is 3.05. The molecule has 0 aromatic heterocycles. The number of rotatable bonds is 4. The number of carboxylic acids is 1. The third kappa shape index (κ3) is 3.32. The Labute approximate surface area is 104 Å². The van der Waals surface area contributed by atoms with E-state index in [2.05, 4.69) is 5.92 Å². The van der Waals surface area contributed by atoms with Crippen molar-refractivity contribution in [1.82, 2.24) is 4.90 Å². The quantitative estimate of drug-likeness (QED) is 0.818. The zero-order valence-electron chi connectivity index (χ0n) is 9.81. The Morgan fingerprint density at radius 1 is 1.50 bits per heavy atom. The zero-order valence-corrected chi connectivity index (χ0v) is 9.81. The van der Waals surface area contributed by atoms with Gasteiger partial charge in [-0.15, -0.1) is 6.42 Å². The molecule has 94 valence electrons. The van der Waals surface area contributed by atoms with Gasteiger partial charge in [0.1, 0.15) is 12.4 Å². The van der Waals surface area contributed by atoms with Crippen LogP contribution in [0.3, 0.4) is 0 Å². The van der Waals surface area contributed by atoms with E-state index in [1.165, 1.54) is 12.1 Å². The molecular formula is C13H12FNO3. The van der Waals surface area contributed by atoms with E-state index in [0.29, 0.717) is 5.56 Å². The summed E-state index contributed by atoms with van der Waals surface area (Å²) in [6.45, 7) is 0.988. The molecule has 0 saturated heterocycles. The fraction of sp³-hybridized carbons (Fsp3) is 0.231. The number of hydrogen-bond acceptors (Lipinski definition) is 2. The van der Waals surface area contributed by atoms with E-state index in [0.717, 1.165) is 11.0 Å². The van der Waals surface area contributed by atoms with Crippen molar-refractivity contribution in [1.29, 1.82) is 0 Å². The maximum absolute atomic E-state index is 13.1. The first kappa shape index (κ1) is 13.7. The Morgan fingerprint density at radius 2 is 2.17 bits per heavy atom. The molecule has 0 aliphatic heterocycles. The molecule has 0 unspecified atom stereocenters. The second-order valence-electron chi connectivity index (χ2n) is 3.72. The number of amides is 1. The number of aliphatic carboxylic acids is 1. The van der Waals surface area contributed by atoms with Gasteiger partial charge in [-0.25, -0.2) is 4.39 Å². The predicted molar refractivity (Wildman–Crippen MR) is 63.5 cm³/mol. The van der Waals surface area contributed by atoms with Crippen molar-refractivity contribution < 1.29 is 19.1 Å². The molecule has 1 rings (SSSR count). The van der Waals surface area contributed by atoms with Gasteiger partial charge in [-0.05, 0) is 24.6 Å². The lowest BCUT2D eigenvalue weighted by Gasteiger charge is -2.19. The molecule has 5 heteroatoms. The number of carbonyl (C=O) groups excluding carboxylic acids is 1. The summed E-state index contributed by atoms with van der Waals surface area (Å²) in [5.74, 6) is -0.114. The van der Waals surface area contributed by atoms with E-state index < -0.39 is 24.2 Å². The maximum atomic E-state index is 13.1. The molecule has 0 aliphatic rings. The Morgan fingerprint density at radius 3 is 2.72 bits per heavy atom. The molecule has 0 saturated carbocycles. The summed E-state index contributed by atoms with van der Waals surface area (Å²) in [5.41, 5.74) is 0.681. The van der Waals surface area contributed by atoms with Crippen molar-refractivity contribution in [2.24, 2.45) is 0 Å². The van der Waals surface area contributed by atoms with Crippen LogP contribution in [-0.2, 0) is 4.79 Å². The Kier molecular flexibility index (Phi) is 4.44. The van der Waals surface area contributed by atoms with Crippen molar-refractivity contribution in [3.05, 3.63) is 35.1 Å². The molecule has 18 heavy (non-hydrogen) atoms. The minimum atomic E-state index is -1.17. The molecule has 0 bridgehead atoms. The second-order valence-corrected chi connectivity index (χ2v) is 3.72. The SMILES string of the molecule is C#CCN(CC(=O)O)C(=O)c1cc(F)ccc1C. The van der Waals surface area contributed by atoms with E-state index in [1.807, 2.05) is 0 Å². The van der Waals surface area contributed by atoms with Gasteiger partial charge in [0.15, 0.2) is 0 Å². The average Bonchev–Trinajstić information content (AvgIpc) is 2.30. The number of carboxylic acid groups (broad SMARTS) is 1. The van der Waals surface area contributed by atoms with Crippen LogP contribution in [-0.4, -0.2) is 35.0 Å². The third-order valence-electron chi connectivity index (χ3n) is 2.33. The molecule has 1 aromatic carbocycles. The van der Waals surface area contributed by atoms with Crippen LogP contribution in [0, 0.1) is 25.1 Å². The highest BCUT2D eigenvalue weighted by atomic mass is 19.1. The summed E-state index contributed by atoms with van der Waals surface area (Å²) in [6, 6.07) is 3.76. The molecule has 1 aromatic rings. The predicted octanol–water partition coefficient (Wildman–Crippen LogP) is 1.29. The van der Waals surface area contributed by atoms with Crippen molar-refractivity contribution in [2.45, 2.75) is 6.92 Å². The number of hydrogen-bond donors (Lipinski definition) is 1. The lowest BCUT2D eigenvalue weighted by molar-refractivity contribution is -0.137. The fourth-order valence-electron chi connectivity index (χ4n) is 1.47. The molecule has 0 atom stereocenters. The molecule has 1 amide bonds. The molecular weight excluding hydrogens is 237 g/mol. The van der Waals surface area contributed by atoms with Crippen molar-refractivity contribution >= 4 is 11.9 Å². The van der Waals surface area contributed by atoms with Crippen LogP contribution in [0.5, 0.6) is 0 Å².